The van der Waals surface area contributed by atoms with Gasteiger partial charge in [-0.15, -0.1) is 0 Å². The summed E-state index contributed by atoms with van der Waals surface area (Å²) in [6, 6.07) is 12.5. The van der Waals surface area contributed by atoms with E-state index in [0.29, 0.717) is 10.7 Å². The Balaban J connectivity index is 1.75. The molecule has 9 heteroatoms. The Kier molecular flexibility index (Phi) is 5.27. The first-order valence-corrected chi connectivity index (χ1v) is 8.02. The zero-order valence-corrected chi connectivity index (χ0v) is 14.3. The minimum Gasteiger partial charge on any atom is -0.340 e. The van der Waals surface area contributed by atoms with Gasteiger partial charge >= 0.3 is 6.18 Å². The molecule has 0 aliphatic heterocycles. The number of carbonyl (C=O) groups is 1. The number of aromatic nitrogens is 2. The van der Waals surface area contributed by atoms with E-state index >= 15 is 0 Å². The van der Waals surface area contributed by atoms with Crippen LogP contribution < -0.4 is 10.6 Å². The molecule has 0 spiro atoms. The van der Waals surface area contributed by atoms with E-state index in [1.54, 1.807) is 24.3 Å². The SMILES string of the molecule is O=C(Nc1ccc(Cl)cc1)c1cc(Nc2cccc(C(F)(F)F)c2)ncn1. The number of rotatable bonds is 4. The molecular formula is C18H12ClF3N4O. The van der Waals surface area contributed by atoms with Gasteiger partial charge in [-0.2, -0.15) is 13.2 Å². The average molecular weight is 393 g/mol. The van der Waals surface area contributed by atoms with Crippen molar-refractivity contribution in [1.29, 1.82) is 0 Å². The zero-order valence-electron chi connectivity index (χ0n) is 13.6. The van der Waals surface area contributed by atoms with E-state index in [0.717, 1.165) is 18.5 Å². The summed E-state index contributed by atoms with van der Waals surface area (Å²) in [6.07, 6.45) is -3.31. The molecule has 0 aliphatic carbocycles. The van der Waals surface area contributed by atoms with E-state index in [9.17, 15) is 18.0 Å². The number of nitrogens with zero attached hydrogens (tertiary/aromatic N) is 2. The van der Waals surface area contributed by atoms with Crippen LogP contribution in [0.1, 0.15) is 16.1 Å². The van der Waals surface area contributed by atoms with Crippen LogP contribution in [0.15, 0.2) is 60.9 Å². The highest BCUT2D eigenvalue weighted by Gasteiger charge is 2.30. The van der Waals surface area contributed by atoms with Crippen molar-refractivity contribution < 1.29 is 18.0 Å². The highest BCUT2D eigenvalue weighted by Crippen LogP contribution is 2.31. The molecule has 0 fully saturated rings. The predicted octanol–water partition coefficient (Wildman–Crippen LogP) is 5.14. The Morgan fingerprint density at radius 2 is 1.70 bits per heavy atom. The van der Waals surface area contributed by atoms with Gasteiger partial charge < -0.3 is 10.6 Å². The summed E-state index contributed by atoms with van der Waals surface area (Å²) in [5, 5.41) is 5.91. The summed E-state index contributed by atoms with van der Waals surface area (Å²) in [5.41, 5.74) is -0.0281. The van der Waals surface area contributed by atoms with Crippen molar-refractivity contribution >= 4 is 34.7 Å². The van der Waals surface area contributed by atoms with Crippen LogP contribution in [0.2, 0.25) is 5.02 Å². The van der Waals surface area contributed by atoms with Crippen LogP contribution in [0.3, 0.4) is 0 Å². The molecule has 0 bridgehead atoms. The van der Waals surface area contributed by atoms with Gasteiger partial charge in [-0.25, -0.2) is 9.97 Å². The fourth-order valence-corrected chi connectivity index (χ4v) is 2.33. The smallest absolute Gasteiger partial charge is 0.340 e. The molecule has 138 valence electrons. The van der Waals surface area contributed by atoms with Gasteiger partial charge in [0, 0.05) is 22.5 Å². The number of halogens is 4. The maximum absolute atomic E-state index is 12.8. The van der Waals surface area contributed by atoms with Gasteiger partial charge in [0.25, 0.3) is 5.91 Å². The van der Waals surface area contributed by atoms with E-state index in [1.807, 2.05) is 0 Å². The second-order valence-electron chi connectivity index (χ2n) is 5.45. The number of benzene rings is 2. The van der Waals surface area contributed by atoms with Crippen LogP contribution in [0, 0.1) is 0 Å². The fraction of sp³-hybridized carbons (Fsp3) is 0.0556. The lowest BCUT2D eigenvalue weighted by molar-refractivity contribution is -0.137. The highest BCUT2D eigenvalue weighted by molar-refractivity contribution is 6.30. The minimum absolute atomic E-state index is 0.0504. The van der Waals surface area contributed by atoms with Crippen LogP contribution in [-0.4, -0.2) is 15.9 Å². The zero-order chi connectivity index (χ0) is 19.4. The quantitative estimate of drug-likeness (QED) is 0.644. The topological polar surface area (TPSA) is 66.9 Å². The average Bonchev–Trinajstić information content (AvgIpc) is 2.63. The number of carbonyl (C=O) groups excluding carboxylic acids is 1. The van der Waals surface area contributed by atoms with Gasteiger partial charge in [-0.05, 0) is 42.5 Å². The Labute approximate surface area is 157 Å². The lowest BCUT2D eigenvalue weighted by Gasteiger charge is -2.10. The van der Waals surface area contributed by atoms with E-state index in [1.165, 1.54) is 18.2 Å². The number of hydrogen-bond acceptors (Lipinski definition) is 4. The van der Waals surface area contributed by atoms with Crippen molar-refractivity contribution in [2.75, 3.05) is 10.6 Å². The van der Waals surface area contributed by atoms with Crippen LogP contribution >= 0.6 is 11.6 Å². The van der Waals surface area contributed by atoms with Crippen molar-refractivity contribution in [3.8, 4) is 0 Å². The molecule has 2 N–H and O–H groups in total. The van der Waals surface area contributed by atoms with Crippen molar-refractivity contribution in [3.63, 3.8) is 0 Å². The minimum atomic E-state index is -4.45. The van der Waals surface area contributed by atoms with Gasteiger partial charge in [0.2, 0.25) is 0 Å². The second-order valence-corrected chi connectivity index (χ2v) is 5.89. The maximum Gasteiger partial charge on any atom is 0.416 e. The van der Waals surface area contributed by atoms with Crippen LogP contribution in [0.25, 0.3) is 0 Å². The molecule has 0 saturated carbocycles. The summed E-state index contributed by atoms with van der Waals surface area (Å²) < 4.78 is 38.4. The second kappa shape index (κ2) is 7.63. The number of nitrogens with one attached hydrogen (secondary N) is 2. The molecule has 0 radical (unpaired) electrons. The number of alkyl halides is 3. The molecule has 2 aromatic carbocycles. The van der Waals surface area contributed by atoms with Gasteiger partial charge in [0.15, 0.2) is 0 Å². The van der Waals surface area contributed by atoms with Crippen LogP contribution in [0.4, 0.5) is 30.4 Å². The first kappa shape index (κ1) is 18.7. The van der Waals surface area contributed by atoms with E-state index in [2.05, 4.69) is 20.6 Å². The Bertz CT molecular complexity index is 961. The van der Waals surface area contributed by atoms with Gasteiger partial charge in [-0.3, -0.25) is 4.79 Å². The molecule has 0 unspecified atom stereocenters. The summed E-state index contributed by atoms with van der Waals surface area (Å²) in [6.45, 7) is 0. The molecular weight excluding hydrogens is 381 g/mol. The fourth-order valence-electron chi connectivity index (χ4n) is 2.20. The first-order chi connectivity index (χ1) is 12.8. The molecule has 0 atom stereocenters. The molecule has 3 aromatic rings. The Hall–Kier alpha value is -3.13. The lowest BCUT2D eigenvalue weighted by atomic mass is 10.2. The Morgan fingerprint density at radius 3 is 2.41 bits per heavy atom. The van der Waals surface area contributed by atoms with E-state index < -0.39 is 17.6 Å². The molecule has 0 aliphatic rings. The van der Waals surface area contributed by atoms with Crippen LogP contribution in [0.5, 0.6) is 0 Å². The van der Waals surface area contributed by atoms with Crippen molar-refractivity contribution in [2.45, 2.75) is 6.18 Å². The lowest BCUT2D eigenvalue weighted by Crippen LogP contribution is -2.14. The predicted molar refractivity (Wildman–Crippen MR) is 96.2 cm³/mol. The monoisotopic (exact) mass is 392 g/mol. The van der Waals surface area contributed by atoms with Crippen molar-refractivity contribution in [1.82, 2.24) is 9.97 Å². The molecule has 0 saturated heterocycles. The third-order valence-electron chi connectivity index (χ3n) is 3.46. The number of hydrogen-bond donors (Lipinski definition) is 2. The third-order valence-corrected chi connectivity index (χ3v) is 3.72. The molecule has 1 heterocycles. The number of anilines is 3. The maximum atomic E-state index is 12.8. The summed E-state index contributed by atoms with van der Waals surface area (Å²) in [4.78, 5) is 20.1. The Morgan fingerprint density at radius 1 is 0.963 bits per heavy atom. The normalized spacial score (nSPS) is 11.1. The number of amides is 1. The molecule has 5 nitrogen and oxygen atoms in total. The molecule has 1 aromatic heterocycles. The van der Waals surface area contributed by atoms with Crippen LogP contribution in [-0.2, 0) is 6.18 Å². The van der Waals surface area contributed by atoms with E-state index in [-0.39, 0.29) is 17.2 Å². The van der Waals surface area contributed by atoms with Crippen molar-refractivity contribution in [2.24, 2.45) is 0 Å². The van der Waals surface area contributed by atoms with E-state index in [4.69, 9.17) is 11.6 Å². The molecule has 3 rings (SSSR count). The van der Waals surface area contributed by atoms with Gasteiger partial charge in [-0.1, -0.05) is 17.7 Å². The standard InChI is InChI=1S/C18H12ClF3N4O/c19-12-4-6-13(7-5-12)26-17(27)15-9-16(24-10-23-15)25-14-3-1-2-11(8-14)18(20,21)22/h1-10H,(H,26,27)(H,23,24,25). The van der Waals surface area contributed by atoms with Crippen molar-refractivity contribution in [3.05, 3.63) is 77.2 Å². The van der Waals surface area contributed by atoms with Gasteiger partial charge in [0.05, 0.1) is 5.56 Å². The molecule has 27 heavy (non-hydrogen) atoms. The summed E-state index contributed by atoms with van der Waals surface area (Å²) >= 11 is 5.79. The highest BCUT2D eigenvalue weighted by atomic mass is 35.5. The summed E-state index contributed by atoms with van der Waals surface area (Å²) in [5.74, 6) is -0.308. The molecule has 1 amide bonds. The van der Waals surface area contributed by atoms with Gasteiger partial charge in [0.1, 0.15) is 17.8 Å². The third kappa shape index (κ3) is 4.95. The summed E-state index contributed by atoms with van der Waals surface area (Å²) in [7, 11) is 0. The first-order valence-electron chi connectivity index (χ1n) is 7.64. The largest absolute Gasteiger partial charge is 0.416 e.